The van der Waals surface area contributed by atoms with Gasteiger partial charge in [-0.2, -0.15) is 0 Å². The molecule has 0 radical (unpaired) electrons. The molecule has 1 N–H and O–H groups in total. The van der Waals surface area contributed by atoms with Crippen LogP contribution in [0.5, 0.6) is 5.75 Å². The van der Waals surface area contributed by atoms with Gasteiger partial charge in [-0.1, -0.05) is 0 Å². The second-order valence-electron chi connectivity index (χ2n) is 3.65. The van der Waals surface area contributed by atoms with Crippen LogP contribution >= 0.6 is 11.8 Å². The molecule has 0 aliphatic heterocycles. The zero-order valence-corrected chi connectivity index (χ0v) is 11.1. The second kappa shape index (κ2) is 6.19. The van der Waals surface area contributed by atoms with E-state index in [4.69, 9.17) is 9.84 Å². The van der Waals surface area contributed by atoms with E-state index in [-0.39, 0.29) is 5.56 Å². The average Bonchev–Trinajstić information content (AvgIpc) is 2.46. The lowest BCUT2D eigenvalue weighted by Crippen LogP contribution is -2.04. The third-order valence-electron chi connectivity index (χ3n) is 2.46. The van der Waals surface area contributed by atoms with Crippen molar-refractivity contribution in [2.24, 2.45) is 0 Å². The Labute approximate surface area is 114 Å². The van der Waals surface area contributed by atoms with Gasteiger partial charge in [0.25, 0.3) is 0 Å². The van der Waals surface area contributed by atoms with E-state index in [9.17, 15) is 4.79 Å². The van der Waals surface area contributed by atoms with Crippen molar-refractivity contribution in [1.29, 1.82) is 0 Å². The van der Waals surface area contributed by atoms with Gasteiger partial charge in [0.05, 0.1) is 12.8 Å². The van der Waals surface area contributed by atoms with Crippen molar-refractivity contribution in [2.75, 3.05) is 7.11 Å². The summed E-state index contributed by atoms with van der Waals surface area (Å²) in [5.74, 6) is 0.264. The molecule has 0 atom stereocenters. The van der Waals surface area contributed by atoms with E-state index >= 15 is 0 Å². The van der Waals surface area contributed by atoms with Gasteiger partial charge in [0, 0.05) is 16.8 Å². The van der Waals surface area contributed by atoms with Crippen LogP contribution in [-0.2, 0) is 5.75 Å². The van der Waals surface area contributed by atoms with Gasteiger partial charge in [-0.3, -0.25) is 0 Å². The molecule has 1 aromatic carbocycles. The van der Waals surface area contributed by atoms with E-state index in [1.54, 1.807) is 7.11 Å². The number of nitrogens with zero attached hydrogens (tertiary/aromatic N) is 2. The zero-order chi connectivity index (χ0) is 13.7. The molecule has 0 aliphatic carbocycles. The summed E-state index contributed by atoms with van der Waals surface area (Å²) in [6.45, 7) is 0. The van der Waals surface area contributed by atoms with Crippen LogP contribution in [0.25, 0.3) is 0 Å². The summed E-state index contributed by atoms with van der Waals surface area (Å²) < 4.78 is 5.07. The number of carboxylic acids is 1. The van der Waals surface area contributed by atoms with Crippen LogP contribution in [0.4, 0.5) is 0 Å². The third-order valence-corrected chi connectivity index (χ3v) is 3.48. The van der Waals surface area contributed by atoms with Gasteiger partial charge in [-0.25, -0.2) is 14.8 Å². The summed E-state index contributed by atoms with van der Waals surface area (Å²) in [5.41, 5.74) is 0.659. The van der Waals surface area contributed by atoms with Gasteiger partial charge in [0.15, 0.2) is 0 Å². The fourth-order valence-corrected chi connectivity index (χ4v) is 2.33. The molecule has 1 aromatic heterocycles. The maximum absolute atomic E-state index is 11.0. The fourth-order valence-electron chi connectivity index (χ4n) is 1.47. The van der Waals surface area contributed by atoms with Crippen LogP contribution in [0.1, 0.15) is 16.1 Å². The molecule has 6 heteroatoms. The number of methoxy groups -OCH3 is 1. The number of ether oxygens (including phenoxy) is 1. The van der Waals surface area contributed by atoms with Gasteiger partial charge in [0.2, 0.25) is 0 Å². The maximum atomic E-state index is 11.0. The molecule has 0 bridgehead atoms. The Morgan fingerprint density at radius 1 is 1.37 bits per heavy atom. The number of aromatic nitrogens is 2. The molecule has 19 heavy (non-hydrogen) atoms. The highest BCUT2D eigenvalue weighted by molar-refractivity contribution is 7.98. The van der Waals surface area contributed by atoms with Gasteiger partial charge >= 0.3 is 5.97 Å². The molecule has 0 saturated heterocycles. The minimum Gasteiger partial charge on any atom is -0.497 e. The van der Waals surface area contributed by atoms with Crippen molar-refractivity contribution in [2.45, 2.75) is 10.6 Å². The van der Waals surface area contributed by atoms with Crippen LogP contribution in [0, 0.1) is 0 Å². The number of benzene rings is 1. The van der Waals surface area contributed by atoms with Gasteiger partial charge in [-0.15, -0.1) is 11.8 Å². The lowest BCUT2D eigenvalue weighted by molar-refractivity contribution is 0.0695. The second-order valence-corrected chi connectivity index (χ2v) is 4.70. The molecule has 0 unspecified atom stereocenters. The maximum Gasteiger partial charge on any atom is 0.339 e. The van der Waals surface area contributed by atoms with Gasteiger partial charge in [-0.05, 0) is 24.3 Å². The third kappa shape index (κ3) is 3.45. The van der Waals surface area contributed by atoms with Crippen LogP contribution in [-0.4, -0.2) is 28.2 Å². The quantitative estimate of drug-likeness (QED) is 0.846. The number of thioether (sulfide) groups is 1. The highest BCUT2D eigenvalue weighted by atomic mass is 32.2. The van der Waals surface area contributed by atoms with E-state index in [1.807, 2.05) is 24.3 Å². The van der Waals surface area contributed by atoms with E-state index in [0.717, 1.165) is 10.6 Å². The fraction of sp³-hybridized carbons (Fsp3) is 0.154. The predicted molar refractivity (Wildman–Crippen MR) is 71.5 cm³/mol. The van der Waals surface area contributed by atoms with Crippen LogP contribution in [0.2, 0.25) is 0 Å². The standard InChI is InChI=1S/C13H12N2O3S/c1-18-9-2-4-10(5-3-9)19-7-12-11(13(16)17)6-14-8-15-12/h2-6,8H,7H2,1H3,(H,16,17). The minimum absolute atomic E-state index is 0.142. The molecule has 1 heterocycles. The number of carboxylic acid groups (broad SMARTS) is 1. The molecule has 98 valence electrons. The highest BCUT2D eigenvalue weighted by Crippen LogP contribution is 2.25. The van der Waals surface area contributed by atoms with Crippen molar-refractivity contribution in [1.82, 2.24) is 9.97 Å². The van der Waals surface area contributed by atoms with Crippen LogP contribution < -0.4 is 4.74 Å². The number of hydrogen-bond donors (Lipinski definition) is 1. The molecule has 0 aliphatic rings. The topological polar surface area (TPSA) is 72.3 Å². The van der Waals surface area contributed by atoms with Crippen molar-refractivity contribution < 1.29 is 14.6 Å². The Kier molecular flexibility index (Phi) is 4.35. The van der Waals surface area contributed by atoms with Crippen molar-refractivity contribution in [3.05, 3.63) is 48.0 Å². The van der Waals surface area contributed by atoms with E-state index < -0.39 is 5.97 Å². The first-order valence-electron chi connectivity index (χ1n) is 5.49. The molecular weight excluding hydrogens is 264 g/mol. The first-order valence-corrected chi connectivity index (χ1v) is 6.48. The Morgan fingerprint density at radius 3 is 2.74 bits per heavy atom. The zero-order valence-electron chi connectivity index (χ0n) is 10.2. The number of hydrogen-bond acceptors (Lipinski definition) is 5. The summed E-state index contributed by atoms with van der Waals surface area (Å²) >= 11 is 1.52. The Balaban J connectivity index is 2.07. The number of rotatable bonds is 5. The van der Waals surface area contributed by atoms with E-state index in [0.29, 0.717) is 11.4 Å². The summed E-state index contributed by atoms with van der Waals surface area (Å²) in [7, 11) is 1.61. The van der Waals surface area contributed by atoms with Crippen LogP contribution in [0.3, 0.4) is 0 Å². The monoisotopic (exact) mass is 276 g/mol. The molecule has 0 amide bonds. The molecular formula is C13H12N2O3S. The Morgan fingerprint density at radius 2 is 2.11 bits per heavy atom. The summed E-state index contributed by atoms with van der Waals surface area (Å²) in [6, 6.07) is 7.57. The van der Waals surface area contributed by atoms with Gasteiger partial charge in [0.1, 0.15) is 17.6 Å². The SMILES string of the molecule is COc1ccc(SCc2ncncc2C(=O)O)cc1. The largest absolute Gasteiger partial charge is 0.497 e. The first kappa shape index (κ1) is 13.4. The molecule has 0 fully saturated rings. The number of aromatic carboxylic acids is 1. The Hall–Kier alpha value is -2.08. The molecule has 5 nitrogen and oxygen atoms in total. The summed E-state index contributed by atoms with van der Waals surface area (Å²) in [6.07, 6.45) is 2.68. The molecule has 0 spiro atoms. The van der Waals surface area contributed by atoms with E-state index in [2.05, 4.69) is 9.97 Å². The normalized spacial score (nSPS) is 10.2. The minimum atomic E-state index is -1.01. The first-order chi connectivity index (χ1) is 9.20. The lowest BCUT2D eigenvalue weighted by Gasteiger charge is -2.05. The van der Waals surface area contributed by atoms with E-state index in [1.165, 1.54) is 24.3 Å². The highest BCUT2D eigenvalue weighted by Gasteiger charge is 2.11. The predicted octanol–water partition coefficient (Wildman–Crippen LogP) is 2.48. The van der Waals surface area contributed by atoms with Crippen molar-refractivity contribution in [3.8, 4) is 5.75 Å². The van der Waals surface area contributed by atoms with Crippen molar-refractivity contribution >= 4 is 17.7 Å². The smallest absolute Gasteiger partial charge is 0.339 e. The molecule has 2 aromatic rings. The van der Waals surface area contributed by atoms with Gasteiger partial charge < -0.3 is 9.84 Å². The summed E-state index contributed by atoms with van der Waals surface area (Å²) in [5, 5.41) is 9.03. The number of carbonyl (C=O) groups is 1. The molecule has 0 saturated carbocycles. The van der Waals surface area contributed by atoms with Crippen LogP contribution in [0.15, 0.2) is 41.7 Å². The van der Waals surface area contributed by atoms with Crippen molar-refractivity contribution in [3.63, 3.8) is 0 Å². The molecule has 2 rings (SSSR count). The Bertz CT molecular complexity index is 572. The average molecular weight is 276 g/mol. The summed E-state index contributed by atoms with van der Waals surface area (Å²) in [4.78, 5) is 19.8. The lowest BCUT2D eigenvalue weighted by atomic mass is 10.2.